The summed E-state index contributed by atoms with van der Waals surface area (Å²) in [4.78, 5) is 31.9. The van der Waals surface area contributed by atoms with Gasteiger partial charge in [-0.2, -0.15) is 0 Å². The van der Waals surface area contributed by atoms with Crippen molar-refractivity contribution in [1.29, 1.82) is 0 Å². The third-order valence-corrected chi connectivity index (χ3v) is 6.04. The van der Waals surface area contributed by atoms with E-state index in [-0.39, 0.29) is 17.7 Å². The molecule has 28 heavy (non-hydrogen) atoms. The summed E-state index contributed by atoms with van der Waals surface area (Å²) >= 11 is 0. The quantitative estimate of drug-likeness (QED) is 0.871. The van der Waals surface area contributed by atoms with Crippen LogP contribution in [0.25, 0.3) is 11.1 Å². The Morgan fingerprint density at radius 3 is 2.75 bits per heavy atom. The zero-order valence-corrected chi connectivity index (χ0v) is 16.4. The van der Waals surface area contributed by atoms with Gasteiger partial charge in [-0.05, 0) is 49.3 Å². The molecule has 2 aromatic rings. The highest BCUT2D eigenvalue weighted by Gasteiger charge is 2.45. The first kappa shape index (κ1) is 18.7. The molecule has 1 aromatic heterocycles. The molecule has 146 valence electrons. The van der Waals surface area contributed by atoms with Crippen LogP contribution < -0.4 is 5.32 Å². The Balaban J connectivity index is 1.66. The zero-order chi connectivity index (χ0) is 19.6. The summed E-state index contributed by atoms with van der Waals surface area (Å²) in [5, 5.41) is 2.87. The fourth-order valence-corrected chi connectivity index (χ4v) is 4.43. The molecular formula is C23H27N3O2. The van der Waals surface area contributed by atoms with E-state index in [0.29, 0.717) is 13.0 Å². The molecule has 1 atom stereocenters. The molecule has 0 spiro atoms. The number of rotatable bonds is 5. The van der Waals surface area contributed by atoms with E-state index in [9.17, 15) is 9.59 Å². The van der Waals surface area contributed by atoms with Crippen molar-refractivity contribution in [1.82, 2.24) is 15.2 Å². The number of hydrogen-bond acceptors (Lipinski definition) is 3. The highest BCUT2D eigenvalue weighted by atomic mass is 16.2. The van der Waals surface area contributed by atoms with Crippen LogP contribution in [0, 0.1) is 11.3 Å². The Morgan fingerprint density at radius 1 is 1.21 bits per heavy atom. The smallest absolute Gasteiger partial charge is 0.228 e. The minimum Gasteiger partial charge on any atom is -0.359 e. The fraction of sp³-hybridized carbons (Fsp3) is 0.435. The Morgan fingerprint density at radius 2 is 2.04 bits per heavy atom. The first-order valence-corrected chi connectivity index (χ1v) is 10.1. The lowest BCUT2D eigenvalue weighted by Crippen LogP contribution is -2.54. The molecule has 5 nitrogen and oxygen atoms in total. The maximum atomic E-state index is 13.0. The molecule has 2 amide bonds. The molecule has 0 unspecified atom stereocenters. The minimum atomic E-state index is -0.587. The van der Waals surface area contributed by atoms with Crippen molar-refractivity contribution in [3.05, 3.63) is 54.4 Å². The van der Waals surface area contributed by atoms with Gasteiger partial charge >= 0.3 is 0 Å². The lowest BCUT2D eigenvalue weighted by atomic mass is 9.73. The van der Waals surface area contributed by atoms with Gasteiger partial charge in [-0.1, -0.05) is 30.3 Å². The van der Waals surface area contributed by atoms with Crippen LogP contribution in [0.15, 0.2) is 48.8 Å². The standard InChI is InChI=1S/C23H27N3O2/c1-24-22(28)23(11-5-13-26(16-23)21(27)17-9-10-17)14-18-6-2-3-8-20(18)19-7-4-12-25-15-19/h2-4,6-8,12,15,17H,5,9-11,13-14,16H2,1H3,(H,24,28)/t23-/m1/s1. The van der Waals surface area contributed by atoms with Crippen molar-refractivity contribution < 1.29 is 9.59 Å². The molecule has 5 heteroatoms. The van der Waals surface area contributed by atoms with E-state index in [0.717, 1.165) is 48.9 Å². The van der Waals surface area contributed by atoms with Gasteiger partial charge in [-0.25, -0.2) is 0 Å². The van der Waals surface area contributed by atoms with Crippen molar-refractivity contribution in [2.45, 2.75) is 32.1 Å². The third kappa shape index (κ3) is 3.66. The van der Waals surface area contributed by atoms with Gasteiger partial charge in [0.1, 0.15) is 0 Å². The first-order valence-electron chi connectivity index (χ1n) is 10.1. The van der Waals surface area contributed by atoms with E-state index in [1.807, 2.05) is 35.4 Å². The lowest BCUT2D eigenvalue weighted by molar-refractivity contribution is -0.142. The summed E-state index contributed by atoms with van der Waals surface area (Å²) < 4.78 is 0. The molecule has 1 aromatic carbocycles. The van der Waals surface area contributed by atoms with Crippen molar-refractivity contribution >= 4 is 11.8 Å². The van der Waals surface area contributed by atoms with Crippen molar-refractivity contribution in [2.24, 2.45) is 11.3 Å². The Bertz CT molecular complexity index is 863. The van der Waals surface area contributed by atoms with Crippen LogP contribution in [0.5, 0.6) is 0 Å². The summed E-state index contributed by atoms with van der Waals surface area (Å²) in [5.41, 5.74) is 2.69. The van der Waals surface area contributed by atoms with Gasteiger partial charge in [0.25, 0.3) is 0 Å². The number of benzene rings is 1. The maximum absolute atomic E-state index is 13.0. The molecule has 0 bridgehead atoms. The van der Waals surface area contributed by atoms with Gasteiger partial charge in [0.2, 0.25) is 11.8 Å². The number of likely N-dealkylation sites (tertiary alicyclic amines) is 1. The lowest BCUT2D eigenvalue weighted by Gasteiger charge is -2.42. The number of hydrogen-bond donors (Lipinski definition) is 1. The van der Waals surface area contributed by atoms with Crippen LogP contribution >= 0.6 is 0 Å². The fourth-order valence-electron chi connectivity index (χ4n) is 4.43. The molecule has 2 aliphatic rings. The van der Waals surface area contributed by atoms with Gasteiger partial charge in [-0.15, -0.1) is 0 Å². The third-order valence-electron chi connectivity index (χ3n) is 6.04. The van der Waals surface area contributed by atoms with Gasteiger partial charge in [0.15, 0.2) is 0 Å². The van der Waals surface area contributed by atoms with Crippen LogP contribution in [0.3, 0.4) is 0 Å². The number of amides is 2. The minimum absolute atomic E-state index is 0.0294. The van der Waals surface area contributed by atoms with E-state index < -0.39 is 5.41 Å². The van der Waals surface area contributed by atoms with Crippen molar-refractivity contribution in [2.75, 3.05) is 20.1 Å². The number of piperidine rings is 1. The average molecular weight is 377 g/mol. The van der Waals surface area contributed by atoms with Crippen LogP contribution in [-0.2, 0) is 16.0 Å². The summed E-state index contributed by atoms with van der Waals surface area (Å²) in [6.45, 7) is 1.27. The van der Waals surface area contributed by atoms with Gasteiger partial charge in [0, 0.05) is 44.0 Å². The summed E-state index contributed by atoms with van der Waals surface area (Å²) in [6.07, 6.45) is 7.88. The largest absolute Gasteiger partial charge is 0.359 e. The second kappa shape index (κ2) is 7.74. The summed E-state index contributed by atoms with van der Waals surface area (Å²) in [7, 11) is 1.69. The highest BCUT2D eigenvalue weighted by molar-refractivity contribution is 5.86. The monoisotopic (exact) mass is 377 g/mol. The molecule has 1 aliphatic carbocycles. The normalized spacial score (nSPS) is 22.0. The summed E-state index contributed by atoms with van der Waals surface area (Å²) in [6, 6.07) is 12.2. The number of carbonyl (C=O) groups is 2. The molecule has 1 saturated heterocycles. The van der Waals surface area contributed by atoms with Crippen LogP contribution in [0.2, 0.25) is 0 Å². The van der Waals surface area contributed by atoms with Crippen LogP contribution in [0.4, 0.5) is 0 Å². The Kier molecular flexibility index (Phi) is 5.16. The molecule has 0 radical (unpaired) electrons. The molecule has 1 aliphatic heterocycles. The highest BCUT2D eigenvalue weighted by Crippen LogP contribution is 2.39. The average Bonchev–Trinajstić information content (AvgIpc) is 3.59. The van der Waals surface area contributed by atoms with Gasteiger partial charge in [0.05, 0.1) is 5.41 Å². The van der Waals surface area contributed by atoms with E-state index in [1.54, 1.807) is 13.2 Å². The number of pyridine rings is 1. The molecular weight excluding hydrogens is 350 g/mol. The maximum Gasteiger partial charge on any atom is 0.228 e. The van der Waals surface area contributed by atoms with Crippen molar-refractivity contribution in [3.63, 3.8) is 0 Å². The Labute approximate surface area is 166 Å². The van der Waals surface area contributed by atoms with E-state index in [2.05, 4.69) is 22.4 Å². The summed E-state index contributed by atoms with van der Waals surface area (Å²) in [5.74, 6) is 0.443. The van der Waals surface area contributed by atoms with Gasteiger partial charge in [-0.3, -0.25) is 14.6 Å². The first-order chi connectivity index (χ1) is 13.6. The van der Waals surface area contributed by atoms with Crippen LogP contribution in [0.1, 0.15) is 31.2 Å². The molecule has 1 saturated carbocycles. The van der Waals surface area contributed by atoms with E-state index >= 15 is 0 Å². The zero-order valence-electron chi connectivity index (χ0n) is 16.4. The van der Waals surface area contributed by atoms with Gasteiger partial charge < -0.3 is 10.2 Å². The number of carbonyl (C=O) groups excluding carboxylic acids is 2. The second-order valence-corrected chi connectivity index (χ2v) is 8.07. The number of aromatic nitrogens is 1. The molecule has 1 N–H and O–H groups in total. The predicted molar refractivity (Wildman–Crippen MR) is 108 cm³/mol. The molecule has 2 heterocycles. The molecule has 2 fully saturated rings. The SMILES string of the molecule is CNC(=O)[C@@]1(Cc2ccccc2-c2cccnc2)CCCN(C(=O)C2CC2)C1. The van der Waals surface area contributed by atoms with E-state index in [1.165, 1.54) is 0 Å². The van der Waals surface area contributed by atoms with Crippen LogP contribution in [-0.4, -0.2) is 41.8 Å². The topological polar surface area (TPSA) is 62.3 Å². The number of nitrogens with one attached hydrogen (secondary N) is 1. The number of nitrogens with zero attached hydrogens (tertiary/aromatic N) is 2. The predicted octanol–water partition coefficient (Wildman–Crippen LogP) is 3.06. The van der Waals surface area contributed by atoms with E-state index in [4.69, 9.17) is 0 Å². The van der Waals surface area contributed by atoms with Crippen molar-refractivity contribution in [3.8, 4) is 11.1 Å². The molecule has 4 rings (SSSR count). The second-order valence-electron chi connectivity index (χ2n) is 8.07. The Hall–Kier alpha value is -2.69.